The topological polar surface area (TPSA) is 64.1 Å². The SMILES string of the molecule is CCNC(=NCC1(C)CCCO1)NCC1(c2cc(Cl)ccc2OC)CCOCC1.I. The molecule has 0 radical (unpaired) electrons. The number of guanidine groups is 1. The van der Waals surface area contributed by atoms with Crippen LogP contribution in [0.1, 0.15) is 45.1 Å². The molecule has 2 aliphatic heterocycles. The van der Waals surface area contributed by atoms with Crippen molar-refractivity contribution in [3.05, 3.63) is 28.8 Å². The Bertz CT molecular complexity index is 705. The lowest BCUT2D eigenvalue weighted by Gasteiger charge is -2.39. The number of rotatable bonds is 7. The highest BCUT2D eigenvalue weighted by Crippen LogP contribution is 2.40. The molecule has 0 bridgehead atoms. The summed E-state index contributed by atoms with van der Waals surface area (Å²) in [5.41, 5.74) is 0.845. The lowest BCUT2D eigenvalue weighted by atomic mass is 9.73. The number of hydrogen-bond donors (Lipinski definition) is 2. The number of methoxy groups -OCH3 is 1. The third-order valence-electron chi connectivity index (χ3n) is 5.99. The van der Waals surface area contributed by atoms with E-state index in [1.165, 1.54) is 0 Å². The van der Waals surface area contributed by atoms with E-state index >= 15 is 0 Å². The van der Waals surface area contributed by atoms with E-state index in [9.17, 15) is 0 Å². The zero-order valence-electron chi connectivity index (χ0n) is 18.3. The van der Waals surface area contributed by atoms with Gasteiger partial charge in [-0.2, -0.15) is 0 Å². The molecule has 1 unspecified atom stereocenters. The van der Waals surface area contributed by atoms with Crippen molar-refractivity contribution in [2.24, 2.45) is 4.99 Å². The van der Waals surface area contributed by atoms with Gasteiger partial charge >= 0.3 is 0 Å². The number of hydrogen-bond acceptors (Lipinski definition) is 4. The second-order valence-electron chi connectivity index (χ2n) is 8.19. The van der Waals surface area contributed by atoms with Crippen LogP contribution in [0.5, 0.6) is 5.75 Å². The summed E-state index contributed by atoms with van der Waals surface area (Å²) in [6.07, 6.45) is 3.96. The molecular weight excluding hydrogens is 517 g/mol. The normalized spacial score (nSPS) is 23.5. The zero-order chi connectivity index (χ0) is 20.7. The Balaban J connectivity index is 0.00000320. The fourth-order valence-electron chi connectivity index (χ4n) is 4.20. The molecule has 2 aliphatic rings. The summed E-state index contributed by atoms with van der Waals surface area (Å²) in [5.74, 6) is 1.68. The molecule has 0 aliphatic carbocycles. The Morgan fingerprint density at radius 3 is 2.60 bits per heavy atom. The van der Waals surface area contributed by atoms with Gasteiger partial charge in [-0.1, -0.05) is 11.6 Å². The molecule has 30 heavy (non-hydrogen) atoms. The smallest absolute Gasteiger partial charge is 0.191 e. The first-order valence-corrected chi connectivity index (χ1v) is 11.0. The van der Waals surface area contributed by atoms with Crippen LogP contribution in [0.3, 0.4) is 0 Å². The molecule has 0 spiro atoms. The van der Waals surface area contributed by atoms with Crippen molar-refractivity contribution in [3.8, 4) is 5.75 Å². The second kappa shape index (κ2) is 11.7. The van der Waals surface area contributed by atoms with Crippen molar-refractivity contribution in [2.45, 2.75) is 50.5 Å². The molecule has 8 heteroatoms. The van der Waals surface area contributed by atoms with E-state index in [4.69, 9.17) is 30.8 Å². The molecule has 2 saturated heterocycles. The Morgan fingerprint density at radius 1 is 1.20 bits per heavy atom. The molecule has 2 heterocycles. The van der Waals surface area contributed by atoms with Crippen LogP contribution < -0.4 is 15.4 Å². The predicted molar refractivity (Wildman–Crippen MR) is 133 cm³/mol. The van der Waals surface area contributed by atoms with Gasteiger partial charge in [0.25, 0.3) is 0 Å². The van der Waals surface area contributed by atoms with Gasteiger partial charge in [0.15, 0.2) is 5.96 Å². The van der Waals surface area contributed by atoms with Crippen LogP contribution in [-0.4, -0.2) is 58.1 Å². The second-order valence-corrected chi connectivity index (χ2v) is 8.62. The zero-order valence-corrected chi connectivity index (χ0v) is 21.3. The molecule has 1 aromatic carbocycles. The summed E-state index contributed by atoms with van der Waals surface area (Å²) in [6, 6.07) is 5.86. The number of aliphatic imine (C=N–C) groups is 1. The maximum absolute atomic E-state index is 6.35. The summed E-state index contributed by atoms with van der Waals surface area (Å²) in [5, 5.41) is 7.66. The molecule has 0 saturated carbocycles. The maximum atomic E-state index is 6.35. The molecule has 170 valence electrons. The molecule has 1 atom stereocenters. The minimum atomic E-state index is -0.158. The average molecular weight is 552 g/mol. The highest BCUT2D eigenvalue weighted by molar-refractivity contribution is 14.0. The Kier molecular flexibility index (Phi) is 9.97. The van der Waals surface area contributed by atoms with Crippen molar-refractivity contribution in [1.29, 1.82) is 0 Å². The quantitative estimate of drug-likeness (QED) is 0.303. The molecular formula is C22H35ClIN3O3. The third kappa shape index (κ3) is 6.37. The lowest BCUT2D eigenvalue weighted by Crippen LogP contribution is -2.48. The highest BCUT2D eigenvalue weighted by Gasteiger charge is 2.37. The summed E-state index contributed by atoms with van der Waals surface area (Å²) in [7, 11) is 1.71. The molecule has 0 aromatic heterocycles. The van der Waals surface area contributed by atoms with Crippen molar-refractivity contribution in [3.63, 3.8) is 0 Å². The molecule has 2 fully saturated rings. The number of nitrogens with one attached hydrogen (secondary N) is 2. The largest absolute Gasteiger partial charge is 0.496 e. The average Bonchev–Trinajstić information content (AvgIpc) is 3.17. The number of halogens is 2. The molecule has 2 N–H and O–H groups in total. The maximum Gasteiger partial charge on any atom is 0.191 e. The van der Waals surface area contributed by atoms with E-state index in [1.54, 1.807) is 7.11 Å². The van der Waals surface area contributed by atoms with Crippen LogP contribution >= 0.6 is 35.6 Å². The van der Waals surface area contributed by atoms with E-state index in [0.717, 1.165) is 80.9 Å². The van der Waals surface area contributed by atoms with Gasteiger partial charge in [0.2, 0.25) is 0 Å². The Morgan fingerprint density at radius 2 is 1.97 bits per heavy atom. The van der Waals surface area contributed by atoms with Gasteiger partial charge in [-0.3, -0.25) is 4.99 Å². The fourth-order valence-corrected chi connectivity index (χ4v) is 4.37. The summed E-state index contributed by atoms with van der Waals surface area (Å²) in [6.45, 7) is 8.68. The first-order chi connectivity index (χ1) is 14.0. The molecule has 3 rings (SSSR count). The van der Waals surface area contributed by atoms with Gasteiger partial charge in [-0.15, -0.1) is 24.0 Å². The minimum absolute atomic E-state index is 0. The molecule has 1 aromatic rings. The van der Waals surface area contributed by atoms with Gasteiger partial charge in [0.1, 0.15) is 5.75 Å². The van der Waals surface area contributed by atoms with Crippen LogP contribution in [0, 0.1) is 0 Å². The number of ether oxygens (including phenoxy) is 3. The van der Waals surface area contributed by atoms with Crippen LogP contribution in [-0.2, 0) is 14.9 Å². The summed E-state index contributed by atoms with van der Waals surface area (Å²) < 4.78 is 17.2. The summed E-state index contributed by atoms with van der Waals surface area (Å²) in [4.78, 5) is 4.82. The van der Waals surface area contributed by atoms with E-state index in [1.807, 2.05) is 18.2 Å². The van der Waals surface area contributed by atoms with Crippen molar-refractivity contribution in [1.82, 2.24) is 10.6 Å². The molecule has 6 nitrogen and oxygen atoms in total. The Labute approximate surface area is 202 Å². The summed E-state index contributed by atoms with van der Waals surface area (Å²) >= 11 is 6.35. The molecule has 0 amide bonds. The highest BCUT2D eigenvalue weighted by atomic mass is 127. The van der Waals surface area contributed by atoms with E-state index < -0.39 is 0 Å². The predicted octanol–water partition coefficient (Wildman–Crippen LogP) is 4.14. The van der Waals surface area contributed by atoms with E-state index in [2.05, 4.69) is 24.5 Å². The van der Waals surface area contributed by atoms with Gasteiger partial charge in [0.05, 0.1) is 19.3 Å². The fraction of sp³-hybridized carbons (Fsp3) is 0.682. The van der Waals surface area contributed by atoms with E-state index in [0.29, 0.717) is 6.54 Å². The van der Waals surface area contributed by atoms with Crippen LogP contribution in [0.15, 0.2) is 23.2 Å². The number of nitrogens with zero attached hydrogens (tertiary/aromatic N) is 1. The minimum Gasteiger partial charge on any atom is -0.496 e. The van der Waals surface area contributed by atoms with Crippen LogP contribution in [0.25, 0.3) is 0 Å². The van der Waals surface area contributed by atoms with Gasteiger partial charge in [-0.05, 0) is 57.7 Å². The number of benzene rings is 1. The van der Waals surface area contributed by atoms with Gasteiger partial charge in [-0.25, -0.2) is 0 Å². The van der Waals surface area contributed by atoms with Crippen LogP contribution in [0.2, 0.25) is 5.02 Å². The Hall–Kier alpha value is -0.770. The first kappa shape index (κ1) is 25.5. The van der Waals surface area contributed by atoms with Crippen molar-refractivity contribution >= 4 is 41.5 Å². The monoisotopic (exact) mass is 551 g/mol. The van der Waals surface area contributed by atoms with Crippen molar-refractivity contribution < 1.29 is 14.2 Å². The third-order valence-corrected chi connectivity index (χ3v) is 6.23. The van der Waals surface area contributed by atoms with Gasteiger partial charge in [0, 0.05) is 48.9 Å². The first-order valence-electron chi connectivity index (χ1n) is 10.6. The van der Waals surface area contributed by atoms with E-state index in [-0.39, 0.29) is 35.0 Å². The lowest BCUT2D eigenvalue weighted by molar-refractivity contribution is 0.0283. The van der Waals surface area contributed by atoms with Gasteiger partial charge < -0.3 is 24.8 Å². The van der Waals surface area contributed by atoms with Crippen LogP contribution in [0.4, 0.5) is 0 Å². The van der Waals surface area contributed by atoms with Crippen molar-refractivity contribution in [2.75, 3.05) is 46.6 Å². The standard InChI is InChI=1S/C22H34ClN3O3.HI/c1-4-24-20(25-15-21(2)8-5-11-29-21)26-16-22(9-12-28-13-10-22)18-14-17(23)6-7-19(18)27-3;/h6-7,14H,4-5,8-13,15-16H2,1-3H3,(H2,24,25,26);1H.